The lowest BCUT2D eigenvalue weighted by Crippen LogP contribution is -2.25. The van der Waals surface area contributed by atoms with Gasteiger partial charge in [-0.25, -0.2) is 4.39 Å². The molecule has 2 aromatic carbocycles. The number of aliphatic hydroxyl groups is 1. The van der Waals surface area contributed by atoms with E-state index in [2.05, 4.69) is 0 Å². The molecule has 1 nitrogen and oxygen atoms in total. The first-order chi connectivity index (χ1) is 9.29. The Bertz CT molecular complexity index is 635. The molecule has 0 saturated heterocycles. The van der Waals surface area contributed by atoms with Crippen LogP contribution in [-0.4, -0.2) is 5.11 Å². The number of halogens is 2. The molecule has 0 radical (unpaired) electrons. The molecule has 0 bridgehead atoms. The average molecular weight is 293 g/mol. The number of aryl methyl sites for hydroxylation is 2. The Morgan fingerprint density at radius 2 is 1.80 bits per heavy atom. The topological polar surface area (TPSA) is 20.2 Å². The highest BCUT2D eigenvalue weighted by Gasteiger charge is 2.25. The van der Waals surface area contributed by atoms with Crippen molar-refractivity contribution in [3.8, 4) is 0 Å². The first-order valence-electron chi connectivity index (χ1n) is 6.53. The number of rotatable bonds is 3. The van der Waals surface area contributed by atoms with Crippen molar-refractivity contribution in [2.75, 3.05) is 0 Å². The van der Waals surface area contributed by atoms with Crippen molar-refractivity contribution in [1.82, 2.24) is 0 Å². The van der Waals surface area contributed by atoms with Crippen LogP contribution in [0.5, 0.6) is 0 Å². The summed E-state index contributed by atoms with van der Waals surface area (Å²) in [6.07, 6.45) is 0.182. The van der Waals surface area contributed by atoms with Crippen LogP contribution in [0.15, 0.2) is 36.4 Å². The second kappa shape index (κ2) is 5.55. The number of benzene rings is 2. The van der Waals surface area contributed by atoms with Gasteiger partial charge in [0.15, 0.2) is 0 Å². The van der Waals surface area contributed by atoms with Crippen molar-refractivity contribution in [2.45, 2.75) is 32.8 Å². The monoisotopic (exact) mass is 292 g/mol. The molecule has 0 amide bonds. The Labute approximate surface area is 124 Å². The summed E-state index contributed by atoms with van der Waals surface area (Å²) in [5.74, 6) is -0.349. The molecule has 1 unspecified atom stereocenters. The molecule has 0 fully saturated rings. The molecular weight excluding hydrogens is 275 g/mol. The Kier molecular flexibility index (Phi) is 4.17. The highest BCUT2D eigenvalue weighted by molar-refractivity contribution is 6.30. The molecule has 2 aromatic rings. The summed E-state index contributed by atoms with van der Waals surface area (Å²) in [5.41, 5.74) is 2.33. The van der Waals surface area contributed by atoms with Gasteiger partial charge < -0.3 is 5.11 Å². The van der Waals surface area contributed by atoms with Gasteiger partial charge in [-0.1, -0.05) is 29.8 Å². The Hall–Kier alpha value is -1.38. The first kappa shape index (κ1) is 15.0. The molecule has 0 aliphatic heterocycles. The second-order valence-corrected chi connectivity index (χ2v) is 5.92. The van der Waals surface area contributed by atoms with Gasteiger partial charge in [0.1, 0.15) is 5.82 Å². The van der Waals surface area contributed by atoms with Crippen molar-refractivity contribution in [1.29, 1.82) is 0 Å². The number of hydrogen-bond donors (Lipinski definition) is 1. The fourth-order valence-electron chi connectivity index (χ4n) is 2.23. The molecule has 20 heavy (non-hydrogen) atoms. The fourth-order valence-corrected chi connectivity index (χ4v) is 2.42. The van der Waals surface area contributed by atoms with E-state index in [4.69, 9.17) is 11.6 Å². The summed E-state index contributed by atoms with van der Waals surface area (Å²) >= 11 is 5.89. The van der Waals surface area contributed by atoms with Gasteiger partial charge in [0, 0.05) is 11.4 Å². The molecule has 2 rings (SSSR count). The van der Waals surface area contributed by atoms with E-state index >= 15 is 0 Å². The third-order valence-electron chi connectivity index (χ3n) is 3.67. The van der Waals surface area contributed by atoms with Crippen molar-refractivity contribution in [3.05, 3.63) is 69.5 Å². The minimum atomic E-state index is -1.13. The van der Waals surface area contributed by atoms with Crippen molar-refractivity contribution < 1.29 is 9.50 Å². The van der Waals surface area contributed by atoms with Crippen molar-refractivity contribution in [3.63, 3.8) is 0 Å². The zero-order chi connectivity index (χ0) is 14.9. The van der Waals surface area contributed by atoms with E-state index in [1.54, 1.807) is 13.0 Å². The lowest BCUT2D eigenvalue weighted by molar-refractivity contribution is 0.0566. The van der Waals surface area contributed by atoms with Crippen LogP contribution in [0.1, 0.15) is 29.2 Å². The Morgan fingerprint density at radius 3 is 2.45 bits per heavy atom. The molecule has 1 atom stereocenters. The smallest absolute Gasteiger partial charge is 0.126 e. The van der Waals surface area contributed by atoms with Gasteiger partial charge in [0.2, 0.25) is 0 Å². The molecule has 0 aliphatic rings. The van der Waals surface area contributed by atoms with Crippen molar-refractivity contribution in [2.24, 2.45) is 0 Å². The largest absolute Gasteiger partial charge is 0.385 e. The third-order valence-corrected chi connectivity index (χ3v) is 3.91. The molecular formula is C17H18ClFO. The molecule has 1 N–H and O–H groups in total. The van der Waals surface area contributed by atoms with Gasteiger partial charge in [0.05, 0.1) is 5.60 Å². The Balaban J connectivity index is 2.34. The zero-order valence-electron chi connectivity index (χ0n) is 11.9. The molecule has 0 spiro atoms. The summed E-state index contributed by atoms with van der Waals surface area (Å²) in [5, 5.41) is 11.1. The van der Waals surface area contributed by atoms with Crippen LogP contribution in [0.4, 0.5) is 4.39 Å². The van der Waals surface area contributed by atoms with Crippen molar-refractivity contribution >= 4 is 11.6 Å². The van der Waals surface area contributed by atoms with Crippen LogP contribution < -0.4 is 0 Å². The van der Waals surface area contributed by atoms with Crippen LogP contribution in [0.3, 0.4) is 0 Å². The highest BCUT2D eigenvalue weighted by atomic mass is 35.5. The molecule has 0 saturated carbocycles. The quantitative estimate of drug-likeness (QED) is 0.880. The summed E-state index contributed by atoms with van der Waals surface area (Å²) < 4.78 is 13.8. The van der Waals surface area contributed by atoms with Crippen LogP contribution in [0.25, 0.3) is 0 Å². The predicted octanol–water partition coefficient (Wildman–Crippen LogP) is 4.55. The molecule has 0 aromatic heterocycles. The van der Waals surface area contributed by atoms with E-state index in [-0.39, 0.29) is 12.2 Å². The SMILES string of the molecule is Cc1ccc(C(C)(O)Cc2cc(Cl)ccc2F)cc1C. The lowest BCUT2D eigenvalue weighted by Gasteiger charge is -2.25. The van der Waals surface area contributed by atoms with E-state index in [1.165, 1.54) is 17.7 Å². The standard InChI is InChI=1S/C17H18ClFO/c1-11-4-5-14(8-12(11)2)17(3,20)10-13-9-15(18)6-7-16(13)19/h4-9,20H,10H2,1-3H3. The van der Waals surface area contributed by atoms with E-state index in [1.807, 2.05) is 32.0 Å². The summed E-state index contributed by atoms with van der Waals surface area (Å²) in [6, 6.07) is 10.2. The van der Waals surface area contributed by atoms with E-state index in [9.17, 15) is 9.50 Å². The lowest BCUT2D eigenvalue weighted by atomic mass is 9.87. The van der Waals surface area contributed by atoms with Crippen LogP contribution >= 0.6 is 11.6 Å². The average Bonchev–Trinajstić information content (AvgIpc) is 2.36. The second-order valence-electron chi connectivity index (χ2n) is 5.49. The Morgan fingerprint density at radius 1 is 1.10 bits per heavy atom. The van der Waals surface area contributed by atoms with Crippen LogP contribution in [0, 0.1) is 19.7 Å². The molecule has 3 heteroatoms. The van der Waals surface area contributed by atoms with E-state index in [0.29, 0.717) is 10.6 Å². The maximum absolute atomic E-state index is 13.8. The van der Waals surface area contributed by atoms with Gasteiger partial charge in [-0.05, 0) is 61.2 Å². The normalized spacial score (nSPS) is 14.1. The van der Waals surface area contributed by atoms with E-state index < -0.39 is 5.60 Å². The minimum Gasteiger partial charge on any atom is -0.385 e. The van der Waals surface area contributed by atoms with E-state index in [0.717, 1.165) is 11.1 Å². The molecule has 0 heterocycles. The third kappa shape index (κ3) is 3.20. The predicted molar refractivity (Wildman–Crippen MR) is 80.6 cm³/mol. The van der Waals surface area contributed by atoms with Gasteiger partial charge in [0.25, 0.3) is 0 Å². The van der Waals surface area contributed by atoms with Gasteiger partial charge >= 0.3 is 0 Å². The molecule has 0 aliphatic carbocycles. The summed E-state index contributed by atoms with van der Waals surface area (Å²) in [6.45, 7) is 5.71. The van der Waals surface area contributed by atoms with Crippen LogP contribution in [0.2, 0.25) is 5.02 Å². The minimum absolute atomic E-state index is 0.182. The van der Waals surface area contributed by atoms with Gasteiger partial charge in [-0.15, -0.1) is 0 Å². The van der Waals surface area contributed by atoms with Gasteiger partial charge in [-0.3, -0.25) is 0 Å². The first-order valence-corrected chi connectivity index (χ1v) is 6.91. The summed E-state index contributed by atoms with van der Waals surface area (Å²) in [4.78, 5) is 0. The number of hydrogen-bond acceptors (Lipinski definition) is 1. The zero-order valence-corrected chi connectivity index (χ0v) is 12.6. The fraction of sp³-hybridized carbons (Fsp3) is 0.294. The van der Waals surface area contributed by atoms with Gasteiger partial charge in [-0.2, -0.15) is 0 Å². The maximum Gasteiger partial charge on any atom is 0.126 e. The van der Waals surface area contributed by atoms with Crippen LogP contribution in [-0.2, 0) is 12.0 Å². The molecule has 106 valence electrons. The summed E-state index contributed by atoms with van der Waals surface area (Å²) in [7, 11) is 0. The highest BCUT2D eigenvalue weighted by Crippen LogP contribution is 2.29. The maximum atomic E-state index is 13.8.